The molecule has 1 aromatic rings. The first-order valence-electron chi connectivity index (χ1n) is 7.12. The van der Waals surface area contributed by atoms with Gasteiger partial charge in [0.25, 0.3) is 0 Å². The standard InChI is InChI=1S/C15H25N3O/c1-16-15(14-6-10-19-12-14)11-18(2)9-5-13-3-7-17-8-4-13/h3-4,7-8,14-16H,5-6,9-12H2,1-2H3. The lowest BCUT2D eigenvalue weighted by Crippen LogP contribution is -2.43. The SMILES string of the molecule is CNC(CN(C)CCc1ccncc1)C1CCOC1. The molecular formula is C15H25N3O. The Balaban J connectivity index is 1.74. The zero-order valence-corrected chi connectivity index (χ0v) is 12.0. The summed E-state index contributed by atoms with van der Waals surface area (Å²) in [7, 11) is 4.25. The molecule has 1 saturated heterocycles. The van der Waals surface area contributed by atoms with E-state index < -0.39 is 0 Å². The lowest BCUT2D eigenvalue weighted by Gasteiger charge is -2.27. The number of ether oxygens (including phenoxy) is 1. The zero-order valence-electron chi connectivity index (χ0n) is 12.0. The van der Waals surface area contributed by atoms with Gasteiger partial charge in [0.05, 0.1) is 6.61 Å². The van der Waals surface area contributed by atoms with E-state index in [1.54, 1.807) is 0 Å². The highest BCUT2D eigenvalue weighted by Crippen LogP contribution is 2.17. The van der Waals surface area contributed by atoms with Gasteiger partial charge in [0, 0.05) is 44.0 Å². The van der Waals surface area contributed by atoms with Crippen LogP contribution in [-0.4, -0.2) is 56.3 Å². The van der Waals surface area contributed by atoms with Crippen LogP contribution in [0, 0.1) is 5.92 Å². The monoisotopic (exact) mass is 263 g/mol. The molecule has 106 valence electrons. The number of pyridine rings is 1. The van der Waals surface area contributed by atoms with E-state index in [0.29, 0.717) is 12.0 Å². The molecule has 0 spiro atoms. The summed E-state index contributed by atoms with van der Waals surface area (Å²) in [6.07, 6.45) is 5.99. The normalized spacial score (nSPS) is 20.9. The highest BCUT2D eigenvalue weighted by atomic mass is 16.5. The lowest BCUT2D eigenvalue weighted by atomic mass is 9.98. The van der Waals surface area contributed by atoms with Gasteiger partial charge in [0.1, 0.15) is 0 Å². The molecule has 19 heavy (non-hydrogen) atoms. The summed E-state index contributed by atoms with van der Waals surface area (Å²) in [5, 5.41) is 3.44. The third-order valence-corrected chi connectivity index (χ3v) is 3.94. The number of aromatic nitrogens is 1. The second kappa shape index (κ2) is 7.58. The molecule has 1 fully saturated rings. The summed E-state index contributed by atoms with van der Waals surface area (Å²) in [6.45, 7) is 3.98. The predicted molar refractivity (Wildman–Crippen MR) is 77.2 cm³/mol. The Hall–Kier alpha value is -0.970. The number of hydrogen-bond acceptors (Lipinski definition) is 4. The van der Waals surface area contributed by atoms with Gasteiger partial charge in [0.2, 0.25) is 0 Å². The fraction of sp³-hybridized carbons (Fsp3) is 0.667. The third kappa shape index (κ3) is 4.56. The summed E-state index contributed by atoms with van der Waals surface area (Å²) in [6, 6.07) is 4.72. The van der Waals surface area contributed by atoms with Gasteiger partial charge in [-0.1, -0.05) is 0 Å². The summed E-state index contributed by atoms with van der Waals surface area (Å²) in [4.78, 5) is 6.45. The summed E-state index contributed by atoms with van der Waals surface area (Å²) in [5.41, 5.74) is 1.35. The van der Waals surface area contributed by atoms with Crippen molar-refractivity contribution in [2.75, 3.05) is 40.4 Å². The van der Waals surface area contributed by atoms with E-state index in [1.807, 2.05) is 12.4 Å². The van der Waals surface area contributed by atoms with E-state index in [1.165, 1.54) is 12.0 Å². The van der Waals surface area contributed by atoms with Gasteiger partial charge in [-0.2, -0.15) is 0 Å². The predicted octanol–water partition coefficient (Wildman–Crippen LogP) is 1.18. The van der Waals surface area contributed by atoms with Gasteiger partial charge in [-0.25, -0.2) is 0 Å². The Kier molecular flexibility index (Phi) is 5.76. The molecule has 2 atom stereocenters. The van der Waals surface area contributed by atoms with Crippen LogP contribution in [0.4, 0.5) is 0 Å². The minimum atomic E-state index is 0.532. The first-order chi connectivity index (χ1) is 9.29. The van der Waals surface area contributed by atoms with E-state index in [9.17, 15) is 0 Å². The lowest BCUT2D eigenvalue weighted by molar-refractivity contribution is 0.169. The van der Waals surface area contributed by atoms with Crippen molar-refractivity contribution in [2.45, 2.75) is 18.9 Å². The molecule has 2 unspecified atom stereocenters. The van der Waals surface area contributed by atoms with Crippen LogP contribution in [0.2, 0.25) is 0 Å². The molecule has 0 aromatic carbocycles. The Morgan fingerprint density at radius 2 is 2.26 bits per heavy atom. The van der Waals surface area contributed by atoms with Crippen molar-refractivity contribution in [1.29, 1.82) is 0 Å². The molecule has 0 aliphatic carbocycles. The fourth-order valence-corrected chi connectivity index (χ4v) is 2.64. The van der Waals surface area contributed by atoms with Gasteiger partial charge in [0.15, 0.2) is 0 Å². The molecule has 1 aliphatic heterocycles. The maximum atomic E-state index is 5.49. The molecule has 2 heterocycles. The Morgan fingerprint density at radius 3 is 2.89 bits per heavy atom. The van der Waals surface area contributed by atoms with Crippen LogP contribution < -0.4 is 5.32 Å². The van der Waals surface area contributed by atoms with Gasteiger partial charge in [-0.15, -0.1) is 0 Å². The van der Waals surface area contributed by atoms with E-state index in [0.717, 1.165) is 32.7 Å². The van der Waals surface area contributed by atoms with Crippen LogP contribution in [0.1, 0.15) is 12.0 Å². The molecule has 1 aromatic heterocycles. The van der Waals surface area contributed by atoms with Crippen LogP contribution in [-0.2, 0) is 11.2 Å². The summed E-state index contributed by atoms with van der Waals surface area (Å²) < 4.78 is 5.49. The van der Waals surface area contributed by atoms with Gasteiger partial charge in [-0.3, -0.25) is 4.98 Å². The fourth-order valence-electron chi connectivity index (χ4n) is 2.64. The smallest absolute Gasteiger partial charge is 0.0510 e. The van der Waals surface area contributed by atoms with E-state index in [4.69, 9.17) is 4.74 Å². The van der Waals surface area contributed by atoms with Crippen LogP contribution in [0.25, 0.3) is 0 Å². The first-order valence-corrected chi connectivity index (χ1v) is 7.12. The second-order valence-electron chi connectivity index (χ2n) is 5.39. The third-order valence-electron chi connectivity index (χ3n) is 3.94. The maximum absolute atomic E-state index is 5.49. The van der Waals surface area contributed by atoms with Crippen molar-refractivity contribution in [3.8, 4) is 0 Å². The molecule has 1 N–H and O–H groups in total. The summed E-state index contributed by atoms with van der Waals surface area (Å²) in [5.74, 6) is 0.661. The van der Waals surface area contributed by atoms with E-state index in [-0.39, 0.29) is 0 Å². The van der Waals surface area contributed by atoms with Gasteiger partial charge in [-0.05, 0) is 44.6 Å². The molecule has 1 aliphatic rings. The number of nitrogens with zero attached hydrogens (tertiary/aromatic N) is 2. The molecular weight excluding hydrogens is 238 g/mol. The largest absolute Gasteiger partial charge is 0.381 e. The molecule has 0 amide bonds. The molecule has 4 nitrogen and oxygen atoms in total. The zero-order chi connectivity index (χ0) is 13.5. The Bertz CT molecular complexity index is 352. The molecule has 0 radical (unpaired) electrons. The highest BCUT2D eigenvalue weighted by Gasteiger charge is 2.25. The highest BCUT2D eigenvalue weighted by molar-refractivity contribution is 5.09. The Labute approximate surface area is 116 Å². The Morgan fingerprint density at radius 1 is 1.47 bits per heavy atom. The van der Waals surface area contributed by atoms with Crippen molar-refractivity contribution in [2.24, 2.45) is 5.92 Å². The molecule has 0 bridgehead atoms. The minimum absolute atomic E-state index is 0.532. The summed E-state index contributed by atoms with van der Waals surface area (Å²) >= 11 is 0. The van der Waals surface area contributed by atoms with Crippen LogP contribution >= 0.6 is 0 Å². The van der Waals surface area contributed by atoms with E-state index in [2.05, 4.69) is 41.4 Å². The molecule has 4 heteroatoms. The quantitative estimate of drug-likeness (QED) is 0.801. The second-order valence-corrected chi connectivity index (χ2v) is 5.39. The number of nitrogens with one attached hydrogen (secondary N) is 1. The van der Waals surface area contributed by atoms with Gasteiger partial charge >= 0.3 is 0 Å². The van der Waals surface area contributed by atoms with Crippen molar-refractivity contribution < 1.29 is 4.74 Å². The number of likely N-dealkylation sites (N-methyl/N-ethyl adjacent to an activating group) is 2. The number of rotatable bonds is 7. The maximum Gasteiger partial charge on any atom is 0.0510 e. The minimum Gasteiger partial charge on any atom is -0.381 e. The average Bonchev–Trinajstić information content (AvgIpc) is 2.97. The van der Waals surface area contributed by atoms with Gasteiger partial charge < -0.3 is 15.0 Å². The topological polar surface area (TPSA) is 37.4 Å². The van der Waals surface area contributed by atoms with Crippen molar-refractivity contribution in [3.05, 3.63) is 30.1 Å². The molecule has 2 rings (SSSR count). The first kappa shape index (κ1) is 14.4. The average molecular weight is 263 g/mol. The van der Waals surface area contributed by atoms with Crippen molar-refractivity contribution in [1.82, 2.24) is 15.2 Å². The van der Waals surface area contributed by atoms with Crippen LogP contribution in [0.5, 0.6) is 0 Å². The van der Waals surface area contributed by atoms with Crippen molar-refractivity contribution in [3.63, 3.8) is 0 Å². The van der Waals surface area contributed by atoms with E-state index >= 15 is 0 Å². The number of hydrogen-bond donors (Lipinski definition) is 1. The van der Waals surface area contributed by atoms with Crippen LogP contribution in [0.15, 0.2) is 24.5 Å². The van der Waals surface area contributed by atoms with Crippen LogP contribution in [0.3, 0.4) is 0 Å². The molecule has 0 saturated carbocycles. The van der Waals surface area contributed by atoms with Crippen molar-refractivity contribution >= 4 is 0 Å².